The molecule has 0 aliphatic carbocycles. The number of hydrogen-bond acceptors (Lipinski definition) is 4. The fraction of sp³-hybridized carbons (Fsp3) is 0.250. The summed E-state index contributed by atoms with van der Waals surface area (Å²) in [6, 6.07) is 12.4. The highest BCUT2D eigenvalue weighted by molar-refractivity contribution is 7.92. The lowest BCUT2D eigenvalue weighted by molar-refractivity contribution is 0.405. The van der Waals surface area contributed by atoms with Gasteiger partial charge in [-0.1, -0.05) is 41.9 Å². The molecular weight excluding hydrogens is 338 g/mol. The van der Waals surface area contributed by atoms with Crippen molar-refractivity contribution in [3.63, 3.8) is 0 Å². The van der Waals surface area contributed by atoms with Gasteiger partial charge >= 0.3 is 0 Å². The number of sulfonamides is 1. The van der Waals surface area contributed by atoms with Gasteiger partial charge in [-0.15, -0.1) is 0 Å². The zero-order chi connectivity index (χ0) is 16.9. The van der Waals surface area contributed by atoms with Crippen LogP contribution < -0.4 is 14.2 Å². The molecule has 0 fully saturated rings. The molecule has 0 aliphatic heterocycles. The van der Waals surface area contributed by atoms with Gasteiger partial charge in [-0.2, -0.15) is 0 Å². The molecule has 0 atom stereocenters. The molecule has 7 heteroatoms. The van der Waals surface area contributed by atoms with Crippen LogP contribution in [0.1, 0.15) is 5.56 Å². The zero-order valence-electron chi connectivity index (χ0n) is 12.9. The summed E-state index contributed by atoms with van der Waals surface area (Å²) in [5, 5.41) is 0.344. The van der Waals surface area contributed by atoms with E-state index in [1.54, 1.807) is 0 Å². The molecule has 5 nitrogen and oxygen atoms in total. The van der Waals surface area contributed by atoms with E-state index < -0.39 is 10.0 Å². The monoisotopic (exact) mass is 355 g/mol. The molecule has 2 aromatic carbocycles. The molecule has 23 heavy (non-hydrogen) atoms. The minimum atomic E-state index is -3.53. The fourth-order valence-electron chi connectivity index (χ4n) is 2.06. The smallest absolute Gasteiger partial charge is 0.233 e. The van der Waals surface area contributed by atoms with Crippen LogP contribution in [0, 0.1) is 0 Å². The van der Waals surface area contributed by atoms with E-state index >= 15 is 0 Å². The van der Waals surface area contributed by atoms with Gasteiger partial charge in [0.1, 0.15) is 11.5 Å². The summed E-state index contributed by atoms with van der Waals surface area (Å²) in [6.07, 6.45) is 0.420. The number of ether oxygens (including phenoxy) is 2. The van der Waals surface area contributed by atoms with Crippen molar-refractivity contribution in [3.8, 4) is 11.5 Å². The predicted octanol–water partition coefficient (Wildman–Crippen LogP) is 3.34. The normalized spacial score (nSPS) is 11.1. The Bertz CT molecular complexity index is 763. The average molecular weight is 356 g/mol. The number of hydrogen-bond donors (Lipinski definition) is 1. The predicted molar refractivity (Wildman–Crippen MR) is 92.1 cm³/mol. The van der Waals surface area contributed by atoms with Crippen LogP contribution in [0.15, 0.2) is 42.5 Å². The molecule has 2 aromatic rings. The van der Waals surface area contributed by atoms with Crippen molar-refractivity contribution in [2.45, 2.75) is 6.42 Å². The maximum atomic E-state index is 12.3. The van der Waals surface area contributed by atoms with E-state index in [1.807, 2.05) is 30.3 Å². The molecule has 0 unspecified atom stereocenters. The molecule has 0 saturated carbocycles. The maximum Gasteiger partial charge on any atom is 0.233 e. The Kier molecular flexibility index (Phi) is 5.74. The summed E-state index contributed by atoms with van der Waals surface area (Å²) in [7, 11) is -0.628. The molecule has 0 saturated heterocycles. The lowest BCUT2D eigenvalue weighted by Gasteiger charge is -2.14. The summed E-state index contributed by atoms with van der Waals surface area (Å²) in [5.41, 5.74) is 1.25. The largest absolute Gasteiger partial charge is 0.495 e. The van der Waals surface area contributed by atoms with E-state index in [2.05, 4.69) is 4.72 Å². The molecular formula is C16H18ClNO4S. The first-order chi connectivity index (χ1) is 10.9. The van der Waals surface area contributed by atoms with Gasteiger partial charge in [0.05, 0.1) is 30.7 Å². The fourth-order valence-corrected chi connectivity index (χ4v) is 3.39. The van der Waals surface area contributed by atoms with Crippen LogP contribution in [-0.4, -0.2) is 28.4 Å². The molecule has 124 valence electrons. The Labute approximate surface area is 141 Å². The summed E-state index contributed by atoms with van der Waals surface area (Å²) in [6.45, 7) is 0. The van der Waals surface area contributed by atoms with E-state index in [-0.39, 0.29) is 5.75 Å². The van der Waals surface area contributed by atoms with Crippen molar-refractivity contribution in [3.05, 3.63) is 53.1 Å². The molecule has 2 rings (SSSR count). The molecule has 0 spiro atoms. The van der Waals surface area contributed by atoms with Crippen LogP contribution in [0.3, 0.4) is 0 Å². The molecule has 0 bridgehead atoms. The summed E-state index contributed by atoms with van der Waals surface area (Å²) < 4.78 is 37.4. The van der Waals surface area contributed by atoms with E-state index in [1.165, 1.54) is 26.4 Å². The number of methoxy groups -OCH3 is 2. The highest BCUT2D eigenvalue weighted by Crippen LogP contribution is 2.36. The summed E-state index contributed by atoms with van der Waals surface area (Å²) in [4.78, 5) is 0. The van der Waals surface area contributed by atoms with Gasteiger partial charge in [0.15, 0.2) is 0 Å². The Morgan fingerprint density at radius 1 is 1.04 bits per heavy atom. The number of anilines is 1. The topological polar surface area (TPSA) is 64.6 Å². The van der Waals surface area contributed by atoms with Gasteiger partial charge in [-0.05, 0) is 12.0 Å². The lowest BCUT2D eigenvalue weighted by atomic mass is 10.2. The molecule has 0 amide bonds. The van der Waals surface area contributed by atoms with E-state index in [9.17, 15) is 8.42 Å². The lowest BCUT2D eigenvalue weighted by Crippen LogP contribution is -2.18. The standard InChI is InChI=1S/C16H18ClNO4S/c1-21-15-11-14(16(22-2)10-13(15)17)18-23(19,20)9-8-12-6-4-3-5-7-12/h3-7,10-11,18H,8-9H2,1-2H3. The van der Waals surface area contributed by atoms with Gasteiger partial charge in [-0.25, -0.2) is 8.42 Å². The second-order valence-corrected chi connectivity index (χ2v) is 7.09. The first-order valence-corrected chi connectivity index (χ1v) is 8.94. The van der Waals surface area contributed by atoms with Crippen molar-refractivity contribution in [1.82, 2.24) is 0 Å². The van der Waals surface area contributed by atoms with Crippen molar-refractivity contribution in [2.24, 2.45) is 0 Å². The van der Waals surface area contributed by atoms with Crippen molar-refractivity contribution < 1.29 is 17.9 Å². The van der Waals surface area contributed by atoms with Gasteiger partial charge in [0.25, 0.3) is 0 Å². The van der Waals surface area contributed by atoms with Crippen molar-refractivity contribution in [2.75, 3.05) is 24.7 Å². The second kappa shape index (κ2) is 7.57. The van der Waals surface area contributed by atoms with E-state index in [0.717, 1.165) is 5.56 Å². The SMILES string of the molecule is COc1cc(NS(=O)(=O)CCc2ccccc2)c(OC)cc1Cl. The van der Waals surface area contributed by atoms with E-state index in [0.29, 0.717) is 28.6 Å². The number of benzene rings is 2. The van der Waals surface area contributed by atoms with Crippen molar-refractivity contribution >= 4 is 27.3 Å². The Balaban J connectivity index is 2.16. The number of aryl methyl sites for hydroxylation is 1. The number of nitrogens with one attached hydrogen (secondary N) is 1. The van der Waals surface area contributed by atoms with E-state index in [4.69, 9.17) is 21.1 Å². The quantitative estimate of drug-likeness (QED) is 0.827. The van der Waals surface area contributed by atoms with Crippen LogP contribution in [0.2, 0.25) is 5.02 Å². The highest BCUT2D eigenvalue weighted by atomic mass is 35.5. The van der Waals surface area contributed by atoms with Crippen LogP contribution in [0.25, 0.3) is 0 Å². The first-order valence-electron chi connectivity index (χ1n) is 6.91. The molecule has 0 radical (unpaired) electrons. The molecule has 0 aromatic heterocycles. The third-order valence-electron chi connectivity index (χ3n) is 3.24. The maximum absolute atomic E-state index is 12.3. The third kappa shape index (κ3) is 4.77. The highest BCUT2D eigenvalue weighted by Gasteiger charge is 2.16. The molecule has 0 heterocycles. The number of rotatable bonds is 7. The van der Waals surface area contributed by atoms with Crippen LogP contribution in [-0.2, 0) is 16.4 Å². The number of halogens is 1. The minimum Gasteiger partial charge on any atom is -0.495 e. The van der Waals surface area contributed by atoms with Gasteiger partial charge in [-0.3, -0.25) is 4.72 Å². The Morgan fingerprint density at radius 3 is 2.30 bits per heavy atom. The molecule has 0 aliphatic rings. The third-order valence-corrected chi connectivity index (χ3v) is 4.81. The zero-order valence-corrected chi connectivity index (χ0v) is 14.4. The average Bonchev–Trinajstić information content (AvgIpc) is 2.55. The Hall–Kier alpha value is -1.92. The first kappa shape index (κ1) is 17.4. The van der Waals surface area contributed by atoms with Crippen molar-refractivity contribution in [1.29, 1.82) is 0 Å². The van der Waals surface area contributed by atoms with Gasteiger partial charge < -0.3 is 9.47 Å². The van der Waals surface area contributed by atoms with Crippen LogP contribution in [0.5, 0.6) is 11.5 Å². The summed E-state index contributed by atoms with van der Waals surface area (Å²) >= 11 is 6.01. The minimum absolute atomic E-state index is 0.0366. The van der Waals surface area contributed by atoms with Crippen LogP contribution >= 0.6 is 11.6 Å². The van der Waals surface area contributed by atoms with Crippen LogP contribution in [0.4, 0.5) is 5.69 Å². The van der Waals surface area contributed by atoms with Gasteiger partial charge in [0.2, 0.25) is 10.0 Å². The molecule has 1 N–H and O–H groups in total. The summed E-state index contributed by atoms with van der Waals surface area (Å²) in [5.74, 6) is 0.665. The van der Waals surface area contributed by atoms with Gasteiger partial charge in [0, 0.05) is 12.1 Å². The second-order valence-electron chi connectivity index (χ2n) is 4.84. The Morgan fingerprint density at radius 2 is 1.70 bits per heavy atom.